The standard InChI is InChI=1S/C31H36F6O2/c1-9-17-38-25-15-13-21(19-23(25)27(5,6)11-3)29(30(32,33)34,31(35,36)37)22-14-16-26(39-18-10-2)24(20-22)28(7,8)12-4/h9-10,13,15,19-20H,1-2,11-12,17-18H2,3-8H3. The first-order valence-corrected chi connectivity index (χ1v) is 12.7. The Morgan fingerprint density at radius 3 is 1.74 bits per heavy atom. The van der Waals surface area contributed by atoms with Crippen molar-refractivity contribution in [1.29, 1.82) is 0 Å². The molecular formula is C31H36F6O2. The summed E-state index contributed by atoms with van der Waals surface area (Å²) in [6, 6.07) is 8.52. The molecule has 0 bridgehead atoms. The monoisotopic (exact) mass is 554 g/mol. The van der Waals surface area contributed by atoms with Gasteiger partial charge in [-0.3, -0.25) is 0 Å². The average molecular weight is 555 g/mol. The smallest absolute Gasteiger partial charge is 0.411 e. The summed E-state index contributed by atoms with van der Waals surface area (Å²) in [6.45, 7) is 17.7. The maximum Gasteiger partial charge on any atom is 0.411 e. The normalized spacial score (nSPS) is 13.0. The molecule has 0 atom stereocenters. The first-order chi connectivity index (χ1) is 17.9. The molecule has 0 aliphatic heterocycles. The highest BCUT2D eigenvalue weighted by atomic mass is 19.4. The van der Waals surface area contributed by atoms with Crippen LogP contribution >= 0.6 is 0 Å². The zero-order chi connectivity index (χ0) is 29.9. The van der Waals surface area contributed by atoms with Crippen LogP contribution in [-0.4, -0.2) is 25.6 Å². The fourth-order valence-corrected chi connectivity index (χ4v) is 4.29. The van der Waals surface area contributed by atoms with E-state index < -0.39 is 39.7 Å². The zero-order valence-electron chi connectivity index (χ0n) is 23.3. The van der Waals surface area contributed by atoms with Crippen molar-refractivity contribution in [2.75, 3.05) is 13.2 Å². The zero-order valence-corrected chi connectivity index (χ0v) is 23.3. The lowest BCUT2D eigenvalue weighted by molar-refractivity contribution is -0.288. The molecular weight excluding hydrogens is 518 g/mol. The van der Waals surface area contributed by atoms with E-state index in [4.69, 9.17) is 9.47 Å². The van der Waals surface area contributed by atoms with Crippen LogP contribution in [0.4, 0.5) is 26.3 Å². The minimum atomic E-state index is -5.77. The Kier molecular flexibility index (Phi) is 9.54. The van der Waals surface area contributed by atoms with Gasteiger partial charge in [0.05, 0.1) is 0 Å². The molecule has 2 aromatic carbocycles. The SMILES string of the molecule is C=CCOc1c#cc(C(c2ccc(OCC=C)c(C(C)(C)CC)c2)(C(F)(F)F)C(F)(F)F)cc1C(C)(C)CC. The highest BCUT2D eigenvalue weighted by Crippen LogP contribution is 2.57. The van der Waals surface area contributed by atoms with E-state index in [2.05, 4.69) is 25.3 Å². The van der Waals surface area contributed by atoms with E-state index in [1.165, 1.54) is 18.2 Å². The molecule has 214 valence electrons. The Bertz CT molecular complexity index is 1070. The molecule has 0 amide bonds. The third-order valence-corrected chi connectivity index (χ3v) is 7.44. The van der Waals surface area contributed by atoms with Crippen molar-refractivity contribution in [3.63, 3.8) is 0 Å². The summed E-state index contributed by atoms with van der Waals surface area (Å²) in [5.41, 5.74) is -7.69. The van der Waals surface area contributed by atoms with E-state index >= 15 is 26.3 Å². The minimum Gasteiger partial charge on any atom is -0.489 e. The molecule has 0 saturated heterocycles. The molecule has 0 aliphatic carbocycles. The van der Waals surface area contributed by atoms with Gasteiger partial charge in [0.15, 0.2) is 5.75 Å². The Hall–Kier alpha value is -3.08. The number of hydrogen-bond donors (Lipinski definition) is 0. The summed E-state index contributed by atoms with van der Waals surface area (Å²) in [6.07, 6.45) is -7.81. The Morgan fingerprint density at radius 1 is 0.744 bits per heavy atom. The van der Waals surface area contributed by atoms with Crippen LogP contribution in [0.15, 0.2) is 49.6 Å². The Morgan fingerprint density at radius 2 is 1.26 bits per heavy atom. The van der Waals surface area contributed by atoms with Crippen molar-refractivity contribution >= 4 is 0 Å². The molecule has 0 fully saturated rings. The molecule has 0 saturated carbocycles. The van der Waals surface area contributed by atoms with Crippen LogP contribution < -0.4 is 9.47 Å². The maximum absolute atomic E-state index is 15.0. The van der Waals surface area contributed by atoms with Gasteiger partial charge in [-0.15, -0.1) is 0 Å². The third-order valence-electron chi connectivity index (χ3n) is 7.44. The maximum atomic E-state index is 15.0. The van der Waals surface area contributed by atoms with Gasteiger partial charge in [0, 0.05) is 16.7 Å². The number of benzene rings is 1. The summed E-state index contributed by atoms with van der Waals surface area (Å²) in [5.74, 6) is 0.227. The topological polar surface area (TPSA) is 18.5 Å². The second-order valence-electron chi connectivity index (χ2n) is 10.7. The predicted molar refractivity (Wildman–Crippen MR) is 141 cm³/mol. The van der Waals surface area contributed by atoms with E-state index in [0.29, 0.717) is 12.8 Å². The molecule has 39 heavy (non-hydrogen) atoms. The molecule has 0 spiro atoms. The number of halogens is 6. The van der Waals surface area contributed by atoms with Crippen molar-refractivity contribution in [3.05, 3.63) is 84.0 Å². The number of ether oxygens (including phenoxy) is 2. The van der Waals surface area contributed by atoms with E-state index in [0.717, 1.165) is 18.2 Å². The van der Waals surface area contributed by atoms with Crippen LogP contribution in [0, 0.1) is 12.1 Å². The summed E-state index contributed by atoms with van der Waals surface area (Å²) < 4.78 is 101. The van der Waals surface area contributed by atoms with E-state index in [-0.39, 0.29) is 35.8 Å². The fraction of sp³-hybridized carbons (Fsp3) is 0.484. The van der Waals surface area contributed by atoms with Crippen LogP contribution in [-0.2, 0) is 16.2 Å². The summed E-state index contributed by atoms with van der Waals surface area (Å²) in [5, 5.41) is 0. The summed E-state index contributed by atoms with van der Waals surface area (Å²) >= 11 is 0. The lowest BCUT2D eigenvalue weighted by Crippen LogP contribution is -2.55. The van der Waals surface area contributed by atoms with Gasteiger partial charge >= 0.3 is 12.4 Å². The number of alkyl halides is 6. The lowest BCUT2D eigenvalue weighted by Gasteiger charge is -2.39. The van der Waals surface area contributed by atoms with Gasteiger partial charge in [0.2, 0.25) is 5.41 Å². The molecule has 0 aromatic heterocycles. The van der Waals surface area contributed by atoms with E-state index in [1.807, 2.05) is 0 Å². The number of hydrogen-bond acceptors (Lipinski definition) is 2. The van der Waals surface area contributed by atoms with Gasteiger partial charge < -0.3 is 9.47 Å². The molecule has 2 nitrogen and oxygen atoms in total. The van der Waals surface area contributed by atoms with Gasteiger partial charge in [-0.2, -0.15) is 26.3 Å². The Labute approximate surface area is 227 Å². The van der Waals surface area contributed by atoms with E-state index in [1.54, 1.807) is 41.5 Å². The molecule has 0 radical (unpaired) electrons. The van der Waals surface area contributed by atoms with Crippen molar-refractivity contribution in [2.45, 2.75) is 83.0 Å². The molecule has 8 heteroatoms. The summed E-state index contributed by atoms with van der Waals surface area (Å²) in [4.78, 5) is 0. The highest BCUT2D eigenvalue weighted by Gasteiger charge is 2.73. The van der Waals surface area contributed by atoms with Crippen molar-refractivity contribution in [2.24, 2.45) is 0 Å². The molecule has 0 heterocycles. The highest BCUT2D eigenvalue weighted by molar-refractivity contribution is 5.52. The summed E-state index contributed by atoms with van der Waals surface area (Å²) in [7, 11) is 0. The van der Waals surface area contributed by atoms with Crippen molar-refractivity contribution < 1.29 is 35.8 Å². The van der Waals surface area contributed by atoms with Gasteiger partial charge in [-0.05, 0) is 53.5 Å². The molecule has 0 unspecified atom stereocenters. The van der Waals surface area contributed by atoms with Crippen molar-refractivity contribution in [1.82, 2.24) is 0 Å². The van der Waals surface area contributed by atoms with Crippen LogP contribution in [0.1, 0.15) is 76.6 Å². The van der Waals surface area contributed by atoms with E-state index in [9.17, 15) is 0 Å². The Balaban J connectivity index is 3.07. The largest absolute Gasteiger partial charge is 0.489 e. The van der Waals surface area contributed by atoms with Crippen LogP contribution in [0.25, 0.3) is 0 Å². The molecule has 0 N–H and O–H groups in total. The van der Waals surface area contributed by atoms with Crippen LogP contribution in [0.3, 0.4) is 0 Å². The van der Waals surface area contributed by atoms with Gasteiger partial charge in [-0.1, -0.05) is 79.0 Å². The quantitative estimate of drug-likeness (QED) is 0.192. The predicted octanol–water partition coefficient (Wildman–Crippen LogP) is 9.20. The average Bonchev–Trinajstić information content (AvgIpc) is 2.85. The first-order valence-electron chi connectivity index (χ1n) is 12.7. The van der Waals surface area contributed by atoms with Crippen LogP contribution in [0.2, 0.25) is 0 Å². The third kappa shape index (κ3) is 6.08. The first kappa shape index (κ1) is 32.1. The second kappa shape index (κ2) is 11.6. The van der Waals surface area contributed by atoms with Crippen molar-refractivity contribution in [3.8, 4) is 11.5 Å². The van der Waals surface area contributed by atoms with Gasteiger partial charge in [0.25, 0.3) is 0 Å². The molecule has 0 aliphatic rings. The fourth-order valence-electron chi connectivity index (χ4n) is 4.29. The lowest BCUT2D eigenvalue weighted by atomic mass is 9.69. The molecule has 2 aromatic rings. The number of rotatable bonds is 12. The van der Waals surface area contributed by atoms with Gasteiger partial charge in [-0.25, -0.2) is 0 Å². The second-order valence-corrected chi connectivity index (χ2v) is 10.7. The van der Waals surface area contributed by atoms with Crippen LogP contribution in [0.5, 0.6) is 11.5 Å². The minimum absolute atomic E-state index is 0.00178. The van der Waals surface area contributed by atoms with Gasteiger partial charge in [0.1, 0.15) is 19.0 Å². The molecule has 2 rings (SSSR count).